The smallest absolute Gasteiger partial charge is 0.124 e. The van der Waals surface area contributed by atoms with E-state index in [1.165, 1.54) is 23.9 Å². The van der Waals surface area contributed by atoms with Crippen molar-refractivity contribution in [2.45, 2.75) is 30.1 Å². The molecule has 0 aromatic heterocycles. The fourth-order valence-electron chi connectivity index (χ4n) is 1.25. The highest BCUT2D eigenvalue weighted by atomic mass is 32.2. The maximum Gasteiger partial charge on any atom is 0.124 e. The normalized spacial score (nSPS) is 12.8. The standard InChI is InChI=1S/C11H15FO2S/c1-8(2-3-13)15-11-5-9(7-14)4-10(12)6-11/h4-6,8,13-14H,2-3,7H2,1H3. The minimum atomic E-state index is -0.333. The van der Waals surface area contributed by atoms with Crippen LogP contribution in [0.3, 0.4) is 0 Å². The van der Waals surface area contributed by atoms with Crippen molar-refractivity contribution in [3.63, 3.8) is 0 Å². The van der Waals surface area contributed by atoms with Crippen molar-refractivity contribution in [3.05, 3.63) is 29.6 Å². The summed E-state index contributed by atoms with van der Waals surface area (Å²) in [4.78, 5) is 0.792. The summed E-state index contributed by atoms with van der Waals surface area (Å²) >= 11 is 1.50. The number of rotatable bonds is 5. The van der Waals surface area contributed by atoms with Crippen LogP contribution >= 0.6 is 11.8 Å². The van der Waals surface area contributed by atoms with Gasteiger partial charge in [-0.05, 0) is 30.2 Å². The molecular formula is C11H15FO2S. The van der Waals surface area contributed by atoms with Gasteiger partial charge in [-0.25, -0.2) is 4.39 Å². The molecule has 0 fully saturated rings. The van der Waals surface area contributed by atoms with E-state index in [2.05, 4.69) is 0 Å². The Morgan fingerprint density at radius 2 is 2.07 bits per heavy atom. The molecule has 0 bridgehead atoms. The maximum atomic E-state index is 13.1. The summed E-state index contributed by atoms with van der Waals surface area (Å²) in [5, 5.41) is 17.9. The van der Waals surface area contributed by atoms with E-state index in [1.54, 1.807) is 6.07 Å². The number of aliphatic hydroxyl groups excluding tert-OH is 2. The van der Waals surface area contributed by atoms with Gasteiger partial charge in [0.05, 0.1) is 6.61 Å². The van der Waals surface area contributed by atoms with Gasteiger partial charge in [0.15, 0.2) is 0 Å². The van der Waals surface area contributed by atoms with Crippen LogP contribution in [-0.2, 0) is 6.61 Å². The molecule has 4 heteroatoms. The number of halogens is 1. The van der Waals surface area contributed by atoms with Crippen LogP contribution in [0.2, 0.25) is 0 Å². The number of benzene rings is 1. The molecule has 0 radical (unpaired) electrons. The molecule has 1 unspecified atom stereocenters. The molecule has 15 heavy (non-hydrogen) atoms. The molecule has 0 spiro atoms. The minimum absolute atomic E-state index is 0.135. The lowest BCUT2D eigenvalue weighted by molar-refractivity contribution is 0.281. The van der Waals surface area contributed by atoms with E-state index in [1.807, 2.05) is 6.92 Å². The first kappa shape index (κ1) is 12.5. The third-order valence-electron chi connectivity index (χ3n) is 1.99. The third kappa shape index (κ3) is 4.20. The summed E-state index contributed by atoms with van der Waals surface area (Å²) < 4.78 is 13.1. The lowest BCUT2D eigenvalue weighted by Gasteiger charge is -2.10. The Morgan fingerprint density at radius 1 is 1.33 bits per heavy atom. The number of thioether (sulfide) groups is 1. The number of hydrogen-bond donors (Lipinski definition) is 2. The first-order chi connectivity index (χ1) is 7.15. The van der Waals surface area contributed by atoms with E-state index in [0.717, 1.165) is 4.90 Å². The van der Waals surface area contributed by atoms with Gasteiger partial charge in [-0.3, -0.25) is 0 Å². The van der Waals surface area contributed by atoms with E-state index in [4.69, 9.17) is 10.2 Å². The Labute approximate surface area is 93.1 Å². The predicted octanol–water partition coefficient (Wildman–Crippen LogP) is 2.18. The highest BCUT2D eigenvalue weighted by molar-refractivity contribution is 7.99. The second-order valence-corrected chi connectivity index (χ2v) is 4.91. The first-order valence-corrected chi connectivity index (χ1v) is 5.71. The Hall–Kier alpha value is -0.580. The summed E-state index contributed by atoms with van der Waals surface area (Å²) in [6.07, 6.45) is 0.676. The van der Waals surface area contributed by atoms with Crippen molar-refractivity contribution in [1.82, 2.24) is 0 Å². The molecule has 84 valence electrons. The van der Waals surface area contributed by atoms with Gasteiger partial charge in [0.25, 0.3) is 0 Å². The van der Waals surface area contributed by atoms with Crippen LogP contribution in [0, 0.1) is 5.82 Å². The quantitative estimate of drug-likeness (QED) is 0.762. The summed E-state index contributed by atoms with van der Waals surface area (Å²) in [6.45, 7) is 1.96. The van der Waals surface area contributed by atoms with Crippen LogP contribution in [0.1, 0.15) is 18.9 Å². The van der Waals surface area contributed by atoms with Crippen LogP contribution in [0.25, 0.3) is 0 Å². The van der Waals surface area contributed by atoms with Crippen molar-refractivity contribution in [1.29, 1.82) is 0 Å². The zero-order valence-corrected chi connectivity index (χ0v) is 9.43. The Morgan fingerprint density at radius 3 is 2.67 bits per heavy atom. The Bertz CT molecular complexity index is 317. The summed E-state index contributed by atoms with van der Waals surface area (Å²) in [6, 6.07) is 4.53. The second kappa shape index (κ2) is 6.10. The predicted molar refractivity (Wildman–Crippen MR) is 59.3 cm³/mol. The van der Waals surface area contributed by atoms with Crippen molar-refractivity contribution >= 4 is 11.8 Å². The van der Waals surface area contributed by atoms with Gasteiger partial charge < -0.3 is 10.2 Å². The molecule has 2 nitrogen and oxygen atoms in total. The third-order valence-corrected chi connectivity index (χ3v) is 3.13. The van der Waals surface area contributed by atoms with E-state index in [0.29, 0.717) is 12.0 Å². The zero-order valence-electron chi connectivity index (χ0n) is 8.61. The fourth-order valence-corrected chi connectivity index (χ4v) is 2.34. The zero-order chi connectivity index (χ0) is 11.3. The van der Waals surface area contributed by atoms with Gasteiger partial charge in [0, 0.05) is 16.8 Å². The minimum Gasteiger partial charge on any atom is -0.396 e. The highest BCUT2D eigenvalue weighted by Crippen LogP contribution is 2.26. The number of aliphatic hydroxyl groups is 2. The van der Waals surface area contributed by atoms with Crippen molar-refractivity contribution in [2.24, 2.45) is 0 Å². The molecule has 0 saturated carbocycles. The summed E-state index contributed by atoms with van der Waals surface area (Å²) in [7, 11) is 0. The summed E-state index contributed by atoms with van der Waals surface area (Å²) in [5.74, 6) is -0.333. The summed E-state index contributed by atoms with van der Waals surface area (Å²) in [5.41, 5.74) is 0.577. The van der Waals surface area contributed by atoms with Gasteiger partial charge in [-0.1, -0.05) is 6.92 Å². The molecule has 1 atom stereocenters. The SMILES string of the molecule is CC(CCO)Sc1cc(F)cc(CO)c1. The lowest BCUT2D eigenvalue weighted by atomic mass is 10.2. The molecule has 0 heterocycles. The van der Waals surface area contributed by atoms with Crippen molar-refractivity contribution < 1.29 is 14.6 Å². The van der Waals surface area contributed by atoms with Crippen molar-refractivity contribution in [3.8, 4) is 0 Å². The highest BCUT2D eigenvalue weighted by Gasteiger charge is 2.06. The van der Waals surface area contributed by atoms with Crippen LogP contribution in [0.4, 0.5) is 4.39 Å². The molecule has 0 aliphatic carbocycles. The molecule has 0 aliphatic rings. The molecule has 0 aliphatic heterocycles. The van der Waals surface area contributed by atoms with Gasteiger partial charge in [-0.2, -0.15) is 0 Å². The van der Waals surface area contributed by atoms with Gasteiger partial charge in [0.1, 0.15) is 5.82 Å². The molecule has 1 aromatic rings. The molecule has 0 saturated heterocycles. The fraction of sp³-hybridized carbons (Fsp3) is 0.455. The molecular weight excluding hydrogens is 215 g/mol. The van der Waals surface area contributed by atoms with E-state index < -0.39 is 0 Å². The molecule has 2 N–H and O–H groups in total. The maximum absolute atomic E-state index is 13.1. The van der Waals surface area contributed by atoms with Gasteiger partial charge in [-0.15, -0.1) is 11.8 Å². The van der Waals surface area contributed by atoms with Gasteiger partial charge in [0.2, 0.25) is 0 Å². The van der Waals surface area contributed by atoms with E-state index in [9.17, 15) is 4.39 Å². The lowest BCUT2D eigenvalue weighted by Crippen LogP contribution is -1.99. The molecule has 0 amide bonds. The average molecular weight is 230 g/mol. The van der Waals surface area contributed by atoms with E-state index in [-0.39, 0.29) is 24.3 Å². The molecule has 1 rings (SSSR count). The Kier molecular flexibility index (Phi) is 5.08. The van der Waals surface area contributed by atoms with Crippen LogP contribution in [0.5, 0.6) is 0 Å². The van der Waals surface area contributed by atoms with Crippen LogP contribution in [0.15, 0.2) is 23.1 Å². The topological polar surface area (TPSA) is 40.5 Å². The van der Waals surface area contributed by atoms with E-state index >= 15 is 0 Å². The number of hydrogen-bond acceptors (Lipinski definition) is 3. The van der Waals surface area contributed by atoms with Crippen LogP contribution < -0.4 is 0 Å². The molecule has 1 aromatic carbocycles. The van der Waals surface area contributed by atoms with Crippen LogP contribution in [-0.4, -0.2) is 22.1 Å². The average Bonchev–Trinajstić information content (AvgIpc) is 2.17. The van der Waals surface area contributed by atoms with Gasteiger partial charge >= 0.3 is 0 Å². The Balaban J connectivity index is 2.71. The largest absolute Gasteiger partial charge is 0.396 e. The monoisotopic (exact) mass is 230 g/mol. The second-order valence-electron chi connectivity index (χ2n) is 3.39. The first-order valence-electron chi connectivity index (χ1n) is 4.83. The van der Waals surface area contributed by atoms with Crippen molar-refractivity contribution in [2.75, 3.05) is 6.61 Å².